The highest BCUT2D eigenvalue weighted by Gasteiger charge is 2.15. The van der Waals surface area contributed by atoms with Crippen molar-refractivity contribution in [2.45, 2.75) is 20.0 Å². The van der Waals surface area contributed by atoms with Crippen LogP contribution in [0.2, 0.25) is 0 Å². The summed E-state index contributed by atoms with van der Waals surface area (Å²) in [5.41, 5.74) is 2.73. The zero-order valence-electron chi connectivity index (χ0n) is 12.4. The Morgan fingerprint density at radius 1 is 1.27 bits per heavy atom. The van der Waals surface area contributed by atoms with Crippen LogP contribution in [0.4, 0.5) is 14.5 Å². The second-order valence-electron chi connectivity index (χ2n) is 5.18. The first kappa shape index (κ1) is 14.4. The third-order valence-corrected chi connectivity index (χ3v) is 3.57. The number of halogens is 2. The standard InChI is InChI=1S/C16H16F2N4/c1-11-9-14(12-5-3-4-6-13(12)20-11)21(2)10-15-19-7-8-22(15)16(17)18/h3-9,16H,10H2,1-2H3. The summed E-state index contributed by atoms with van der Waals surface area (Å²) in [5.74, 6) is 0.330. The van der Waals surface area contributed by atoms with Gasteiger partial charge in [-0.05, 0) is 19.1 Å². The van der Waals surface area contributed by atoms with Gasteiger partial charge in [-0.25, -0.2) is 4.98 Å². The molecular formula is C16H16F2N4. The third kappa shape index (κ3) is 2.64. The summed E-state index contributed by atoms with van der Waals surface area (Å²) >= 11 is 0. The van der Waals surface area contributed by atoms with Crippen LogP contribution in [0.1, 0.15) is 18.1 Å². The van der Waals surface area contributed by atoms with E-state index in [1.54, 1.807) is 0 Å². The molecule has 4 nitrogen and oxygen atoms in total. The number of aromatic nitrogens is 3. The van der Waals surface area contributed by atoms with E-state index < -0.39 is 6.55 Å². The van der Waals surface area contributed by atoms with Gasteiger partial charge in [-0.2, -0.15) is 8.78 Å². The summed E-state index contributed by atoms with van der Waals surface area (Å²) in [7, 11) is 1.87. The van der Waals surface area contributed by atoms with E-state index in [0.29, 0.717) is 12.4 Å². The molecule has 0 unspecified atom stereocenters. The Balaban J connectivity index is 1.98. The van der Waals surface area contributed by atoms with Crippen molar-refractivity contribution < 1.29 is 8.78 Å². The minimum atomic E-state index is -2.58. The first-order valence-electron chi connectivity index (χ1n) is 6.93. The molecular weight excluding hydrogens is 286 g/mol. The van der Waals surface area contributed by atoms with Crippen molar-refractivity contribution in [2.75, 3.05) is 11.9 Å². The Morgan fingerprint density at radius 2 is 2.05 bits per heavy atom. The van der Waals surface area contributed by atoms with Gasteiger partial charge in [0.2, 0.25) is 0 Å². The molecule has 0 N–H and O–H groups in total. The number of rotatable bonds is 4. The minimum absolute atomic E-state index is 0.296. The van der Waals surface area contributed by atoms with Gasteiger partial charge in [0.1, 0.15) is 5.82 Å². The second kappa shape index (κ2) is 5.71. The summed E-state index contributed by atoms with van der Waals surface area (Å²) in [6, 6.07) is 9.75. The van der Waals surface area contributed by atoms with Gasteiger partial charge in [0.05, 0.1) is 12.1 Å². The van der Waals surface area contributed by atoms with Gasteiger partial charge >= 0.3 is 6.55 Å². The summed E-state index contributed by atoms with van der Waals surface area (Å²) in [6.45, 7) is -0.365. The van der Waals surface area contributed by atoms with Crippen LogP contribution >= 0.6 is 0 Å². The fourth-order valence-corrected chi connectivity index (χ4v) is 2.54. The SMILES string of the molecule is Cc1cc(N(C)Cc2nccn2C(F)F)c2ccccc2n1. The van der Waals surface area contributed by atoms with Crippen molar-refractivity contribution in [1.82, 2.24) is 14.5 Å². The van der Waals surface area contributed by atoms with E-state index in [1.165, 1.54) is 12.4 Å². The quantitative estimate of drug-likeness (QED) is 0.735. The van der Waals surface area contributed by atoms with Crippen LogP contribution in [0.5, 0.6) is 0 Å². The highest BCUT2D eigenvalue weighted by Crippen LogP contribution is 2.27. The fraction of sp³-hybridized carbons (Fsp3) is 0.250. The van der Waals surface area contributed by atoms with E-state index in [2.05, 4.69) is 9.97 Å². The van der Waals surface area contributed by atoms with Gasteiger partial charge in [-0.15, -0.1) is 0 Å². The molecule has 114 valence electrons. The zero-order valence-corrected chi connectivity index (χ0v) is 12.4. The van der Waals surface area contributed by atoms with Gasteiger partial charge in [-0.1, -0.05) is 18.2 Å². The van der Waals surface area contributed by atoms with Crippen molar-refractivity contribution >= 4 is 16.6 Å². The number of nitrogens with zero attached hydrogens (tertiary/aromatic N) is 4. The number of aryl methyl sites for hydroxylation is 1. The minimum Gasteiger partial charge on any atom is -0.367 e. The lowest BCUT2D eigenvalue weighted by Gasteiger charge is -2.21. The molecule has 3 aromatic rings. The first-order chi connectivity index (χ1) is 10.6. The first-order valence-corrected chi connectivity index (χ1v) is 6.93. The summed E-state index contributed by atoms with van der Waals surface area (Å²) in [5, 5.41) is 0.991. The maximum Gasteiger partial charge on any atom is 0.319 e. The molecule has 0 aliphatic rings. The van der Waals surface area contributed by atoms with Gasteiger partial charge in [0.25, 0.3) is 0 Å². The molecule has 22 heavy (non-hydrogen) atoms. The third-order valence-electron chi connectivity index (χ3n) is 3.57. The average Bonchev–Trinajstić information content (AvgIpc) is 2.94. The number of imidazole rings is 1. The molecule has 2 heterocycles. The molecule has 6 heteroatoms. The maximum absolute atomic E-state index is 12.9. The molecule has 0 aliphatic carbocycles. The Kier molecular flexibility index (Phi) is 3.75. The monoisotopic (exact) mass is 302 g/mol. The highest BCUT2D eigenvalue weighted by molar-refractivity contribution is 5.91. The normalized spacial score (nSPS) is 11.3. The van der Waals surface area contributed by atoms with Crippen molar-refractivity contribution in [3.05, 3.63) is 54.2 Å². The summed E-state index contributed by atoms with van der Waals surface area (Å²) in [6.07, 6.45) is 2.69. The number of hydrogen-bond donors (Lipinski definition) is 0. The van der Waals surface area contributed by atoms with Crippen LogP contribution in [0.15, 0.2) is 42.7 Å². The van der Waals surface area contributed by atoms with Crippen LogP contribution < -0.4 is 4.90 Å². The van der Waals surface area contributed by atoms with Crippen LogP contribution in [-0.4, -0.2) is 21.6 Å². The number of benzene rings is 1. The number of pyridine rings is 1. The Bertz CT molecular complexity index is 798. The van der Waals surface area contributed by atoms with E-state index in [9.17, 15) is 8.78 Å². The maximum atomic E-state index is 12.9. The highest BCUT2D eigenvalue weighted by atomic mass is 19.3. The number of alkyl halides is 2. The molecule has 0 spiro atoms. The molecule has 0 atom stereocenters. The molecule has 0 saturated heterocycles. The second-order valence-corrected chi connectivity index (χ2v) is 5.18. The summed E-state index contributed by atoms with van der Waals surface area (Å²) in [4.78, 5) is 10.4. The van der Waals surface area contributed by atoms with E-state index >= 15 is 0 Å². The molecule has 0 aliphatic heterocycles. The van der Waals surface area contributed by atoms with Gasteiger partial charge < -0.3 is 4.90 Å². The van der Waals surface area contributed by atoms with Crippen molar-refractivity contribution in [3.8, 4) is 0 Å². The average molecular weight is 302 g/mol. The molecule has 1 aromatic carbocycles. The molecule has 0 fully saturated rings. The van der Waals surface area contributed by atoms with Crippen LogP contribution in [0, 0.1) is 6.92 Å². The van der Waals surface area contributed by atoms with Gasteiger partial charge in [0.15, 0.2) is 0 Å². The number of anilines is 1. The molecule has 3 rings (SSSR count). The lowest BCUT2D eigenvalue weighted by Crippen LogP contribution is -2.20. The topological polar surface area (TPSA) is 34.0 Å². The molecule has 0 bridgehead atoms. The largest absolute Gasteiger partial charge is 0.367 e. The van der Waals surface area contributed by atoms with Crippen LogP contribution in [-0.2, 0) is 6.54 Å². The Hall–Kier alpha value is -2.50. The Labute approximate surface area is 127 Å². The fourth-order valence-electron chi connectivity index (χ4n) is 2.54. The Morgan fingerprint density at radius 3 is 2.82 bits per heavy atom. The van der Waals surface area contributed by atoms with Crippen LogP contribution in [0.3, 0.4) is 0 Å². The zero-order chi connectivity index (χ0) is 15.7. The van der Waals surface area contributed by atoms with Gasteiger partial charge in [0, 0.05) is 36.2 Å². The predicted molar refractivity (Wildman–Crippen MR) is 82.1 cm³/mol. The van der Waals surface area contributed by atoms with Crippen molar-refractivity contribution in [1.29, 1.82) is 0 Å². The van der Waals surface area contributed by atoms with Crippen molar-refractivity contribution in [2.24, 2.45) is 0 Å². The molecule has 0 radical (unpaired) electrons. The predicted octanol–water partition coefficient (Wildman–Crippen LogP) is 3.77. The number of hydrogen-bond acceptors (Lipinski definition) is 3. The lowest BCUT2D eigenvalue weighted by atomic mass is 10.1. The number of fused-ring (bicyclic) bond motifs is 1. The smallest absolute Gasteiger partial charge is 0.319 e. The van der Waals surface area contributed by atoms with Gasteiger partial charge in [-0.3, -0.25) is 9.55 Å². The van der Waals surface area contributed by atoms with E-state index in [0.717, 1.165) is 26.9 Å². The van der Waals surface area contributed by atoms with Crippen LogP contribution in [0.25, 0.3) is 10.9 Å². The molecule has 0 amide bonds. The summed E-state index contributed by atoms with van der Waals surface area (Å²) < 4.78 is 26.7. The molecule has 2 aromatic heterocycles. The van der Waals surface area contributed by atoms with E-state index in [4.69, 9.17) is 0 Å². The number of para-hydroxylation sites is 1. The lowest BCUT2D eigenvalue weighted by molar-refractivity contribution is 0.0670. The van der Waals surface area contributed by atoms with E-state index in [1.807, 2.05) is 49.2 Å². The molecule has 0 saturated carbocycles. The van der Waals surface area contributed by atoms with Crippen molar-refractivity contribution in [3.63, 3.8) is 0 Å². The van der Waals surface area contributed by atoms with E-state index in [-0.39, 0.29) is 0 Å².